The third-order valence-electron chi connectivity index (χ3n) is 3.56. The summed E-state index contributed by atoms with van der Waals surface area (Å²) in [6, 6.07) is 7.43. The van der Waals surface area contributed by atoms with Crippen LogP contribution in [0.25, 0.3) is 0 Å². The largest absolute Gasteiger partial charge is 0.359 e. The molecule has 1 aliphatic heterocycles. The topological polar surface area (TPSA) is 47.6 Å². The van der Waals surface area contributed by atoms with Crippen LogP contribution in [0.4, 0.5) is 5.69 Å². The van der Waals surface area contributed by atoms with E-state index >= 15 is 0 Å². The van der Waals surface area contributed by atoms with Gasteiger partial charge in [0.2, 0.25) is 0 Å². The van der Waals surface area contributed by atoms with E-state index in [2.05, 4.69) is 29.2 Å². The number of hydrogen-bond acceptors (Lipinski definition) is 3. The number of anilines is 1. The number of carbonyl (C=O) groups excluding carboxylic acids is 1. The number of nitrogens with zero attached hydrogens (tertiary/aromatic N) is 2. The lowest BCUT2D eigenvalue weighted by Crippen LogP contribution is -2.47. The Kier molecular flexibility index (Phi) is 5.91. The van der Waals surface area contributed by atoms with Crippen molar-refractivity contribution in [3.05, 3.63) is 42.5 Å². The summed E-state index contributed by atoms with van der Waals surface area (Å²) in [5.41, 5.74) is 1.49. The van der Waals surface area contributed by atoms with E-state index in [4.69, 9.17) is 12.2 Å². The molecular weight excluding hydrogens is 296 g/mol. The third-order valence-corrected chi connectivity index (χ3v) is 3.81. The third kappa shape index (κ3) is 4.54. The van der Waals surface area contributed by atoms with E-state index in [0.717, 1.165) is 31.9 Å². The minimum atomic E-state index is 0.0710. The number of amides is 1. The van der Waals surface area contributed by atoms with E-state index in [1.54, 1.807) is 6.08 Å². The standard InChI is InChI=1S/C16H22N4OS/c1-3-7-17-16(22)18-14-6-4-5-13(12-14)15(21)20-10-8-19(2)9-11-20/h3-6,12H,1,7-11H2,2H3,(H2,17,18,22). The van der Waals surface area contributed by atoms with Crippen molar-refractivity contribution in [3.63, 3.8) is 0 Å². The lowest BCUT2D eigenvalue weighted by atomic mass is 10.1. The van der Waals surface area contributed by atoms with Crippen LogP contribution in [-0.2, 0) is 0 Å². The highest BCUT2D eigenvalue weighted by Crippen LogP contribution is 2.14. The van der Waals surface area contributed by atoms with Gasteiger partial charge in [-0.3, -0.25) is 4.79 Å². The van der Waals surface area contributed by atoms with E-state index in [-0.39, 0.29) is 5.91 Å². The van der Waals surface area contributed by atoms with Gasteiger partial charge in [0.15, 0.2) is 5.11 Å². The highest BCUT2D eigenvalue weighted by atomic mass is 32.1. The van der Waals surface area contributed by atoms with Gasteiger partial charge in [-0.25, -0.2) is 0 Å². The van der Waals surface area contributed by atoms with E-state index in [1.165, 1.54) is 0 Å². The molecule has 22 heavy (non-hydrogen) atoms. The molecule has 1 amide bonds. The molecule has 1 fully saturated rings. The summed E-state index contributed by atoms with van der Waals surface area (Å²) in [4.78, 5) is 16.7. The van der Waals surface area contributed by atoms with E-state index in [0.29, 0.717) is 17.2 Å². The van der Waals surface area contributed by atoms with Crippen LogP contribution in [0.5, 0.6) is 0 Å². The van der Waals surface area contributed by atoms with Crippen LogP contribution in [0, 0.1) is 0 Å². The Morgan fingerprint density at radius 2 is 2.09 bits per heavy atom. The molecule has 5 nitrogen and oxygen atoms in total. The Labute approximate surface area is 137 Å². The van der Waals surface area contributed by atoms with Gasteiger partial charge in [0, 0.05) is 44.0 Å². The van der Waals surface area contributed by atoms with Gasteiger partial charge in [-0.1, -0.05) is 12.1 Å². The first-order valence-electron chi connectivity index (χ1n) is 7.34. The Balaban J connectivity index is 1.99. The molecule has 0 aromatic heterocycles. The van der Waals surface area contributed by atoms with Crippen LogP contribution in [0.2, 0.25) is 0 Å². The van der Waals surface area contributed by atoms with Crippen molar-refractivity contribution in [1.82, 2.24) is 15.1 Å². The van der Waals surface area contributed by atoms with Gasteiger partial charge in [0.1, 0.15) is 0 Å². The smallest absolute Gasteiger partial charge is 0.254 e. The molecule has 0 radical (unpaired) electrons. The van der Waals surface area contributed by atoms with Crippen molar-refractivity contribution < 1.29 is 4.79 Å². The average molecular weight is 318 g/mol. The Morgan fingerprint density at radius 1 is 1.36 bits per heavy atom. The van der Waals surface area contributed by atoms with Gasteiger partial charge in [0.25, 0.3) is 5.91 Å². The van der Waals surface area contributed by atoms with Crippen LogP contribution < -0.4 is 10.6 Å². The Bertz CT molecular complexity index is 553. The number of likely N-dealkylation sites (N-methyl/N-ethyl adjacent to an activating group) is 1. The molecule has 1 aliphatic rings. The SMILES string of the molecule is C=CCNC(=S)Nc1cccc(C(=O)N2CCN(C)CC2)c1. The summed E-state index contributed by atoms with van der Waals surface area (Å²) in [6.45, 7) is 7.61. The molecule has 1 heterocycles. The summed E-state index contributed by atoms with van der Waals surface area (Å²) in [5, 5.41) is 6.59. The second kappa shape index (κ2) is 7.91. The summed E-state index contributed by atoms with van der Waals surface area (Å²) in [5.74, 6) is 0.0710. The van der Waals surface area contributed by atoms with Crippen LogP contribution in [0.15, 0.2) is 36.9 Å². The number of rotatable bonds is 4. The van der Waals surface area contributed by atoms with Crippen molar-refractivity contribution in [2.45, 2.75) is 0 Å². The van der Waals surface area contributed by atoms with E-state index in [9.17, 15) is 4.79 Å². The van der Waals surface area contributed by atoms with Gasteiger partial charge in [-0.2, -0.15) is 0 Å². The molecule has 0 unspecified atom stereocenters. The maximum Gasteiger partial charge on any atom is 0.254 e. The monoisotopic (exact) mass is 318 g/mol. The fourth-order valence-electron chi connectivity index (χ4n) is 2.26. The number of piperazine rings is 1. The molecule has 118 valence electrons. The fourth-order valence-corrected chi connectivity index (χ4v) is 2.46. The van der Waals surface area contributed by atoms with Gasteiger partial charge < -0.3 is 20.4 Å². The lowest BCUT2D eigenvalue weighted by Gasteiger charge is -2.32. The molecule has 0 aliphatic carbocycles. The Hall–Kier alpha value is -1.92. The van der Waals surface area contributed by atoms with Crippen LogP contribution >= 0.6 is 12.2 Å². The average Bonchev–Trinajstić information content (AvgIpc) is 2.53. The number of hydrogen-bond donors (Lipinski definition) is 2. The highest BCUT2D eigenvalue weighted by Gasteiger charge is 2.20. The van der Waals surface area contributed by atoms with Crippen LogP contribution in [0.1, 0.15) is 10.4 Å². The number of thiocarbonyl (C=S) groups is 1. The molecule has 1 aromatic rings. The molecule has 0 saturated carbocycles. The number of benzene rings is 1. The zero-order chi connectivity index (χ0) is 15.9. The first kappa shape index (κ1) is 16.5. The van der Waals surface area contributed by atoms with E-state index in [1.807, 2.05) is 29.2 Å². The second-order valence-electron chi connectivity index (χ2n) is 5.30. The first-order chi connectivity index (χ1) is 10.6. The molecule has 6 heteroatoms. The van der Waals surface area contributed by atoms with Crippen LogP contribution in [0.3, 0.4) is 0 Å². The number of nitrogens with one attached hydrogen (secondary N) is 2. The zero-order valence-corrected chi connectivity index (χ0v) is 13.7. The van der Waals surface area contributed by atoms with E-state index < -0.39 is 0 Å². The van der Waals surface area contributed by atoms with Crippen molar-refractivity contribution in [2.24, 2.45) is 0 Å². The highest BCUT2D eigenvalue weighted by molar-refractivity contribution is 7.80. The zero-order valence-electron chi connectivity index (χ0n) is 12.8. The normalized spacial score (nSPS) is 15.2. The molecular formula is C16H22N4OS. The summed E-state index contributed by atoms with van der Waals surface area (Å²) < 4.78 is 0. The molecule has 1 aromatic carbocycles. The quantitative estimate of drug-likeness (QED) is 0.651. The Morgan fingerprint density at radius 3 is 2.77 bits per heavy atom. The van der Waals surface area contributed by atoms with Crippen molar-refractivity contribution in [1.29, 1.82) is 0 Å². The van der Waals surface area contributed by atoms with Gasteiger partial charge in [-0.15, -0.1) is 6.58 Å². The minimum Gasteiger partial charge on any atom is -0.359 e. The maximum absolute atomic E-state index is 12.5. The summed E-state index contributed by atoms with van der Waals surface area (Å²) in [6.07, 6.45) is 1.74. The lowest BCUT2D eigenvalue weighted by molar-refractivity contribution is 0.0664. The molecule has 1 saturated heterocycles. The second-order valence-corrected chi connectivity index (χ2v) is 5.71. The fraction of sp³-hybridized carbons (Fsp3) is 0.375. The predicted molar refractivity (Wildman–Crippen MR) is 94.3 cm³/mol. The van der Waals surface area contributed by atoms with Crippen molar-refractivity contribution in [2.75, 3.05) is 45.1 Å². The van der Waals surface area contributed by atoms with Crippen LogP contribution in [-0.4, -0.2) is 60.6 Å². The molecule has 0 spiro atoms. The number of carbonyl (C=O) groups is 1. The minimum absolute atomic E-state index is 0.0710. The summed E-state index contributed by atoms with van der Waals surface area (Å²) >= 11 is 5.18. The molecule has 2 rings (SSSR count). The van der Waals surface area contributed by atoms with Crippen molar-refractivity contribution in [3.8, 4) is 0 Å². The first-order valence-corrected chi connectivity index (χ1v) is 7.74. The maximum atomic E-state index is 12.5. The predicted octanol–water partition coefficient (Wildman–Crippen LogP) is 1.55. The molecule has 0 bridgehead atoms. The van der Waals surface area contributed by atoms with Gasteiger partial charge in [0.05, 0.1) is 0 Å². The van der Waals surface area contributed by atoms with Gasteiger partial charge >= 0.3 is 0 Å². The molecule has 2 N–H and O–H groups in total. The summed E-state index contributed by atoms with van der Waals surface area (Å²) in [7, 11) is 2.07. The molecule has 0 atom stereocenters. The van der Waals surface area contributed by atoms with Gasteiger partial charge in [-0.05, 0) is 37.5 Å². The van der Waals surface area contributed by atoms with Crippen molar-refractivity contribution >= 4 is 28.9 Å².